The second-order valence-corrected chi connectivity index (χ2v) is 17.8. The summed E-state index contributed by atoms with van der Waals surface area (Å²) in [5.74, 6) is -1.70. The van der Waals surface area contributed by atoms with Crippen molar-refractivity contribution in [1.29, 1.82) is 0 Å². The highest BCUT2D eigenvalue weighted by molar-refractivity contribution is 7.90. The van der Waals surface area contributed by atoms with E-state index in [-0.39, 0.29) is 24.5 Å². The number of aryl methyl sites for hydroxylation is 1. The summed E-state index contributed by atoms with van der Waals surface area (Å²) >= 11 is 6.93. The summed E-state index contributed by atoms with van der Waals surface area (Å²) in [4.78, 5) is 36.6. The predicted octanol–water partition coefficient (Wildman–Crippen LogP) is 4.87. The van der Waals surface area contributed by atoms with Crippen LogP contribution in [0.3, 0.4) is 0 Å². The number of hydrogen-bond acceptors (Lipinski definition) is 9. The fraction of sp³-hybridized carbons (Fsp3) is 0.590. The van der Waals surface area contributed by atoms with E-state index in [0.29, 0.717) is 75.2 Å². The van der Waals surface area contributed by atoms with Crippen molar-refractivity contribution in [1.82, 2.24) is 19.4 Å². The van der Waals surface area contributed by atoms with Gasteiger partial charge in [0.15, 0.2) is 0 Å². The Morgan fingerprint density at radius 2 is 1.89 bits per heavy atom. The van der Waals surface area contributed by atoms with Crippen LogP contribution in [0.1, 0.15) is 73.0 Å². The molecule has 14 heteroatoms. The Morgan fingerprint density at radius 1 is 1.09 bits per heavy atom. The zero-order valence-electron chi connectivity index (χ0n) is 30.9. The van der Waals surface area contributed by atoms with Crippen LogP contribution in [0.5, 0.6) is 5.75 Å². The van der Waals surface area contributed by atoms with Crippen LogP contribution in [0.15, 0.2) is 42.2 Å². The largest absolute Gasteiger partial charge is 0.487 e. The van der Waals surface area contributed by atoms with Crippen molar-refractivity contribution in [2.24, 2.45) is 5.92 Å². The van der Waals surface area contributed by atoms with Crippen LogP contribution in [-0.4, -0.2) is 112 Å². The minimum atomic E-state index is -4.14. The number of benzene rings is 2. The quantitative estimate of drug-likeness (QED) is 0.466. The number of ether oxygens (including phenoxy) is 2. The van der Waals surface area contributed by atoms with Crippen molar-refractivity contribution in [3.05, 3.63) is 69.5 Å². The minimum absolute atomic E-state index is 0.0512. The maximum absolute atomic E-state index is 17.3. The van der Waals surface area contributed by atoms with Crippen molar-refractivity contribution in [3.8, 4) is 5.75 Å². The first-order valence-corrected chi connectivity index (χ1v) is 20.9. The summed E-state index contributed by atoms with van der Waals surface area (Å²) < 4.78 is 58.7. The fourth-order valence-corrected chi connectivity index (χ4v) is 10.3. The Bertz CT molecular complexity index is 1870. The Labute approximate surface area is 317 Å². The highest BCUT2D eigenvalue weighted by Crippen LogP contribution is 2.49. The molecule has 7 rings (SSSR count). The number of anilines is 1. The molecule has 0 saturated carbocycles. The Kier molecular flexibility index (Phi) is 11.1. The lowest BCUT2D eigenvalue weighted by molar-refractivity contribution is -0.137. The number of sulfonamides is 1. The van der Waals surface area contributed by atoms with Crippen molar-refractivity contribution >= 4 is 39.1 Å². The molecule has 2 aromatic rings. The molecule has 2 aromatic carbocycles. The van der Waals surface area contributed by atoms with Gasteiger partial charge in [0.05, 0.1) is 29.7 Å². The summed E-state index contributed by atoms with van der Waals surface area (Å²) in [6, 6.07) is 7.76. The molecule has 4 atom stereocenters. The number of nitrogens with one attached hydrogen (secondary N) is 1. The van der Waals surface area contributed by atoms with E-state index in [0.717, 1.165) is 49.0 Å². The minimum Gasteiger partial charge on any atom is -0.487 e. The lowest BCUT2D eigenvalue weighted by Crippen LogP contribution is -2.59. The highest BCUT2D eigenvalue weighted by atomic mass is 35.5. The molecule has 0 aromatic heterocycles. The fourth-order valence-electron chi connectivity index (χ4n) is 8.74. The first-order valence-electron chi connectivity index (χ1n) is 18.9. The van der Waals surface area contributed by atoms with Crippen LogP contribution in [-0.2, 0) is 38.1 Å². The third-order valence-electron chi connectivity index (χ3n) is 12.1. The number of hydrogen-bond donors (Lipinski definition) is 1. The van der Waals surface area contributed by atoms with Crippen molar-refractivity contribution in [3.63, 3.8) is 0 Å². The van der Waals surface area contributed by atoms with Gasteiger partial charge in [-0.1, -0.05) is 24.6 Å². The van der Waals surface area contributed by atoms with Crippen LogP contribution in [0.25, 0.3) is 0 Å². The average molecular weight is 772 g/mol. The van der Waals surface area contributed by atoms with Gasteiger partial charge in [-0.05, 0) is 98.4 Å². The van der Waals surface area contributed by atoms with Gasteiger partial charge in [-0.3, -0.25) is 19.4 Å². The molecule has 53 heavy (non-hydrogen) atoms. The van der Waals surface area contributed by atoms with Crippen LogP contribution in [0.4, 0.5) is 10.1 Å². The number of amides is 2. The van der Waals surface area contributed by atoms with Gasteiger partial charge in [0.25, 0.3) is 5.91 Å². The summed E-state index contributed by atoms with van der Waals surface area (Å²) in [7, 11) is -2.40. The van der Waals surface area contributed by atoms with Gasteiger partial charge in [0.2, 0.25) is 15.9 Å². The second kappa shape index (κ2) is 15.5. The summed E-state index contributed by atoms with van der Waals surface area (Å²) in [6.45, 7) is 8.76. The van der Waals surface area contributed by atoms with Crippen LogP contribution in [0, 0.1) is 5.92 Å². The molecule has 2 saturated heterocycles. The summed E-state index contributed by atoms with van der Waals surface area (Å²) in [6.07, 6.45) is 5.27. The molecule has 2 fully saturated rings. The molecule has 1 N–H and O–H groups in total. The second-order valence-electron chi connectivity index (χ2n) is 15.4. The standard InChI is InChI=1S/C39H51ClFN5O6S/c1-26-8-10-33(41)36(38(48)43(3)15-16-44-17-19-51-20-18-44)46-14-6-12-39(46)25-45-13-5-4-7-28-21-30(40)23-32(39)31(28)24-52-35-11-9-29(22-34(35)45)37(47)42-53(49,50)27(26)2/h9-11,21-23,26-27,36H,4-8,12-20,24-25H2,1-3H3,(H,42,47)/b33-10-/t26-,27+,36-,39-/m0/s1. The SMILES string of the molecule is C[C@@H]1[C@@H](C)C/C=C(\F)[C@@H](C(=O)N(C)CCN2CCOCC2)N2CCC[C@@]23CN2CCCCc4cc(Cl)cc3c4COc3ccc(cc32)C(=O)NS1(=O)=O. The molecule has 5 aliphatic heterocycles. The lowest BCUT2D eigenvalue weighted by Gasteiger charge is -2.47. The van der Waals surface area contributed by atoms with Gasteiger partial charge in [-0.25, -0.2) is 17.5 Å². The Morgan fingerprint density at radius 3 is 2.68 bits per heavy atom. The van der Waals surface area contributed by atoms with Crippen LogP contribution < -0.4 is 14.4 Å². The van der Waals surface area contributed by atoms with E-state index in [1.807, 2.05) is 12.1 Å². The molecule has 0 unspecified atom stereocenters. The van der Waals surface area contributed by atoms with E-state index in [4.69, 9.17) is 21.1 Å². The third-order valence-corrected chi connectivity index (χ3v) is 14.2. The maximum atomic E-state index is 17.3. The number of halogens is 2. The van der Waals surface area contributed by atoms with E-state index >= 15 is 4.39 Å². The molecule has 2 amide bonds. The molecule has 5 aliphatic rings. The number of likely N-dealkylation sites (N-methyl/N-ethyl adjacent to an activating group) is 1. The van der Waals surface area contributed by atoms with Gasteiger partial charge in [0.1, 0.15) is 24.2 Å². The molecular weight excluding hydrogens is 721 g/mol. The van der Waals surface area contributed by atoms with Gasteiger partial charge in [0, 0.05) is 63.4 Å². The average Bonchev–Trinajstić information content (AvgIpc) is 3.56. The molecule has 5 heterocycles. The molecule has 7 bridgehead atoms. The molecule has 1 spiro atoms. The van der Waals surface area contributed by atoms with Crippen molar-refractivity contribution < 1.29 is 31.9 Å². The van der Waals surface area contributed by atoms with Gasteiger partial charge < -0.3 is 19.3 Å². The number of nitrogens with zero attached hydrogens (tertiary/aromatic N) is 4. The highest BCUT2D eigenvalue weighted by Gasteiger charge is 2.52. The monoisotopic (exact) mass is 771 g/mol. The topological polar surface area (TPSA) is 112 Å². The van der Waals surface area contributed by atoms with Gasteiger partial charge in [-0.15, -0.1) is 0 Å². The molecular formula is C39H51ClFN5O6S. The number of fused-ring (bicyclic) bond motifs is 1. The predicted molar refractivity (Wildman–Crippen MR) is 202 cm³/mol. The normalized spacial score (nSPS) is 29.0. The van der Waals surface area contributed by atoms with E-state index in [1.165, 1.54) is 13.0 Å². The number of rotatable bonds is 4. The zero-order chi connectivity index (χ0) is 37.5. The van der Waals surface area contributed by atoms with E-state index < -0.39 is 44.5 Å². The number of morpholine rings is 1. The molecule has 0 aliphatic carbocycles. The smallest absolute Gasteiger partial charge is 0.264 e. The number of allylic oxidation sites excluding steroid dienone is 1. The van der Waals surface area contributed by atoms with Gasteiger partial charge in [-0.2, -0.15) is 0 Å². The zero-order valence-corrected chi connectivity index (χ0v) is 32.5. The van der Waals surface area contributed by atoms with E-state index in [9.17, 15) is 18.0 Å². The maximum Gasteiger partial charge on any atom is 0.264 e. The third kappa shape index (κ3) is 7.56. The van der Waals surface area contributed by atoms with Crippen molar-refractivity contribution in [2.45, 2.75) is 75.8 Å². The van der Waals surface area contributed by atoms with Crippen LogP contribution in [0.2, 0.25) is 5.02 Å². The lowest BCUT2D eigenvalue weighted by atomic mass is 9.79. The number of carbonyl (C=O) groups excluding carboxylic acids is 2. The van der Waals surface area contributed by atoms with Crippen molar-refractivity contribution in [2.75, 3.05) is 71.0 Å². The molecule has 11 nitrogen and oxygen atoms in total. The number of carbonyl (C=O) groups is 2. The summed E-state index contributed by atoms with van der Waals surface area (Å²) in [5.41, 5.74) is 2.99. The van der Waals surface area contributed by atoms with Gasteiger partial charge >= 0.3 is 0 Å². The first kappa shape index (κ1) is 38.1. The van der Waals surface area contributed by atoms with E-state index in [2.05, 4.69) is 19.4 Å². The van der Waals surface area contributed by atoms with Crippen LogP contribution >= 0.6 is 11.6 Å². The first-order chi connectivity index (χ1) is 25.4. The molecule has 288 valence electrons. The summed E-state index contributed by atoms with van der Waals surface area (Å²) in [5, 5.41) is -0.439. The van der Waals surface area contributed by atoms with E-state index in [1.54, 1.807) is 37.1 Å². The Balaban J connectivity index is 1.42. The Hall–Kier alpha value is -3.23. The molecule has 0 radical (unpaired) electrons.